The van der Waals surface area contributed by atoms with E-state index in [1.165, 1.54) is 0 Å². The molecular weight excluding hydrogens is 272 g/mol. The molecule has 0 radical (unpaired) electrons. The Labute approximate surface area is 125 Å². The molecule has 0 heterocycles. The van der Waals surface area contributed by atoms with Crippen LogP contribution in [0.4, 0.5) is 0 Å². The number of hydrogen-bond acceptors (Lipinski definition) is 5. The van der Waals surface area contributed by atoms with E-state index in [9.17, 15) is 14.4 Å². The number of hydrogen-bond donors (Lipinski definition) is 0. The molecule has 21 heavy (non-hydrogen) atoms. The maximum Gasteiger partial charge on any atom is 0.333 e. The fraction of sp³-hybridized carbons (Fsp3) is 0.562. The van der Waals surface area contributed by atoms with Gasteiger partial charge in [0, 0.05) is 18.4 Å². The fourth-order valence-corrected chi connectivity index (χ4v) is 1.93. The minimum atomic E-state index is -0.427. The second kappa shape index (κ2) is 7.76. The van der Waals surface area contributed by atoms with Crippen LogP contribution < -0.4 is 0 Å². The van der Waals surface area contributed by atoms with E-state index < -0.39 is 11.9 Å². The second-order valence-corrected chi connectivity index (χ2v) is 5.39. The van der Waals surface area contributed by atoms with Crippen molar-refractivity contribution in [3.8, 4) is 0 Å². The van der Waals surface area contributed by atoms with E-state index in [0.717, 1.165) is 5.57 Å². The van der Waals surface area contributed by atoms with E-state index >= 15 is 0 Å². The lowest BCUT2D eigenvalue weighted by Gasteiger charge is -2.06. The maximum absolute atomic E-state index is 11.7. The Bertz CT molecular complexity index is 487. The molecule has 0 aromatic carbocycles. The van der Waals surface area contributed by atoms with Gasteiger partial charge in [0.2, 0.25) is 0 Å². The predicted octanol–water partition coefficient (Wildman–Crippen LogP) is 2.70. The van der Waals surface area contributed by atoms with Gasteiger partial charge in [-0.1, -0.05) is 13.5 Å². The van der Waals surface area contributed by atoms with Gasteiger partial charge in [0.15, 0.2) is 11.5 Å². The standard InChI is InChI=1S/C16H22O5/c1-10(2)16(19)20-8-6-5-7-14(18)21-15-12(4)11(3)9-13(15)17/h11H,1,5-9H2,2-4H3. The van der Waals surface area contributed by atoms with Gasteiger partial charge in [0.1, 0.15) is 0 Å². The molecule has 0 aromatic heterocycles. The van der Waals surface area contributed by atoms with E-state index in [1.807, 2.05) is 13.8 Å². The van der Waals surface area contributed by atoms with Gasteiger partial charge in [-0.2, -0.15) is 0 Å². The summed E-state index contributed by atoms with van der Waals surface area (Å²) in [6.07, 6.45) is 1.71. The van der Waals surface area contributed by atoms with Gasteiger partial charge in [-0.25, -0.2) is 4.79 Å². The van der Waals surface area contributed by atoms with E-state index in [4.69, 9.17) is 9.47 Å². The summed E-state index contributed by atoms with van der Waals surface area (Å²) in [4.78, 5) is 34.4. The summed E-state index contributed by atoms with van der Waals surface area (Å²) in [6.45, 7) is 9.05. The summed E-state index contributed by atoms with van der Waals surface area (Å²) in [6, 6.07) is 0. The third-order valence-electron chi connectivity index (χ3n) is 3.41. The summed E-state index contributed by atoms with van der Waals surface area (Å²) in [7, 11) is 0. The number of unbranched alkanes of at least 4 members (excludes halogenated alkanes) is 1. The highest BCUT2D eigenvalue weighted by atomic mass is 16.5. The fourth-order valence-electron chi connectivity index (χ4n) is 1.93. The van der Waals surface area contributed by atoms with Crippen LogP contribution in [0.15, 0.2) is 23.5 Å². The van der Waals surface area contributed by atoms with Crippen LogP contribution in [0, 0.1) is 5.92 Å². The largest absolute Gasteiger partial charge is 0.462 e. The lowest BCUT2D eigenvalue weighted by atomic mass is 10.1. The van der Waals surface area contributed by atoms with Crippen LogP contribution in [-0.4, -0.2) is 24.3 Å². The molecule has 0 fully saturated rings. The average Bonchev–Trinajstić information content (AvgIpc) is 2.64. The molecule has 5 nitrogen and oxygen atoms in total. The van der Waals surface area contributed by atoms with Crippen LogP contribution in [-0.2, 0) is 23.9 Å². The van der Waals surface area contributed by atoms with Crippen molar-refractivity contribution in [2.75, 3.05) is 6.61 Å². The van der Waals surface area contributed by atoms with Gasteiger partial charge in [-0.3, -0.25) is 9.59 Å². The highest BCUT2D eigenvalue weighted by Crippen LogP contribution is 2.29. The SMILES string of the molecule is C=C(C)C(=O)OCCCCC(=O)OC1=C(C)C(C)CC1=O. The van der Waals surface area contributed by atoms with Gasteiger partial charge in [-0.05, 0) is 38.2 Å². The molecule has 0 aliphatic heterocycles. The average molecular weight is 294 g/mol. The first-order valence-corrected chi connectivity index (χ1v) is 7.10. The van der Waals surface area contributed by atoms with Crippen molar-refractivity contribution in [3.63, 3.8) is 0 Å². The Morgan fingerprint density at radius 2 is 2.00 bits per heavy atom. The van der Waals surface area contributed by atoms with Crippen molar-refractivity contribution in [2.45, 2.75) is 46.5 Å². The predicted molar refractivity (Wildman–Crippen MR) is 77.2 cm³/mol. The first kappa shape index (κ1) is 17.1. The molecule has 0 N–H and O–H groups in total. The number of esters is 2. The minimum Gasteiger partial charge on any atom is -0.462 e. The molecule has 0 saturated carbocycles. The van der Waals surface area contributed by atoms with Crippen molar-refractivity contribution >= 4 is 17.7 Å². The van der Waals surface area contributed by atoms with Crippen molar-refractivity contribution < 1.29 is 23.9 Å². The summed E-state index contributed by atoms with van der Waals surface area (Å²) < 4.78 is 10.1. The number of allylic oxidation sites excluding steroid dienone is 2. The summed E-state index contributed by atoms with van der Waals surface area (Å²) >= 11 is 0. The Morgan fingerprint density at radius 3 is 2.52 bits per heavy atom. The van der Waals surface area contributed by atoms with Crippen molar-refractivity contribution in [2.24, 2.45) is 5.92 Å². The van der Waals surface area contributed by atoms with E-state index in [-0.39, 0.29) is 30.5 Å². The summed E-state index contributed by atoms with van der Waals surface area (Å²) in [5, 5.41) is 0. The molecule has 1 aliphatic carbocycles. The Kier molecular flexibility index (Phi) is 6.34. The number of carbonyl (C=O) groups is 3. The van der Waals surface area contributed by atoms with Crippen LogP contribution in [0.25, 0.3) is 0 Å². The molecule has 0 bridgehead atoms. The Morgan fingerprint density at radius 1 is 1.33 bits per heavy atom. The number of carbonyl (C=O) groups excluding carboxylic acids is 3. The van der Waals surface area contributed by atoms with Crippen molar-refractivity contribution in [3.05, 3.63) is 23.5 Å². The quantitative estimate of drug-likeness (QED) is 0.410. The molecule has 1 rings (SSSR count). The molecule has 5 heteroatoms. The zero-order valence-electron chi connectivity index (χ0n) is 12.9. The number of ketones is 1. The minimum absolute atomic E-state index is 0.108. The second-order valence-electron chi connectivity index (χ2n) is 5.39. The first-order chi connectivity index (χ1) is 9.82. The summed E-state index contributed by atoms with van der Waals surface area (Å²) in [5.41, 5.74) is 1.19. The highest BCUT2D eigenvalue weighted by molar-refractivity contribution is 5.99. The Hall–Kier alpha value is -1.91. The third kappa shape index (κ3) is 5.17. The molecule has 1 atom stereocenters. The highest BCUT2D eigenvalue weighted by Gasteiger charge is 2.29. The first-order valence-electron chi connectivity index (χ1n) is 7.10. The maximum atomic E-state index is 11.7. The number of ether oxygens (including phenoxy) is 2. The van der Waals surface area contributed by atoms with Crippen molar-refractivity contribution in [1.29, 1.82) is 0 Å². The topological polar surface area (TPSA) is 69.7 Å². The lowest BCUT2D eigenvalue weighted by Crippen LogP contribution is -2.10. The number of Topliss-reactive ketones (excluding diaryl/α,β-unsaturated/α-hetero) is 1. The number of rotatable bonds is 7. The van der Waals surface area contributed by atoms with Gasteiger partial charge in [0.05, 0.1) is 6.61 Å². The van der Waals surface area contributed by atoms with E-state index in [0.29, 0.717) is 24.8 Å². The van der Waals surface area contributed by atoms with Crippen molar-refractivity contribution in [1.82, 2.24) is 0 Å². The zero-order valence-corrected chi connectivity index (χ0v) is 12.9. The van der Waals surface area contributed by atoms with Crippen LogP contribution in [0.5, 0.6) is 0 Å². The van der Waals surface area contributed by atoms with Gasteiger partial charge >= 0.3 is 11.9 Å². The molecule has 0 amide bonds. The van der Waals surface area contributed by atoms with Crippen LogP contribution in [0.3, 0.4) is 0 Å². The van der Waals surface area contributed by atoms with E-state index in [2.05, 4.69) is 6.58 Å². The Balaban J connectivity index is 2.25. The van der Waals surface area contributed by atoms with E-state index in [1.54, 1.807) is 6.92 Å². The monoisotopic (exact) mass is 294 g/mol. The third-order valence-corrected chi connectivity index (χ3v) is 3.41. The molecule has 0 aromatic rings. The smallest absolute Gasteiger partial charge is 0.333 e. The molecule has 1 unspecified atom stereocenters. The van der Waals surface area contributed by atoms with Gasteiger partial charge in [-0.15, -0.1) is 0 Å². The molecule has 116 valence electrons. The molecule has 0 saturated heterocycles. The normalized spacial score (nSPS) is 17.9. The van der Waals surface area contributed by atoms with Gasteiger partial charge in [0.25, 0.3) is 0 Å². The van der Waals surface area contributed by atoms with Crippen LogP contribution in [0.2, 0.25) is 0 Å². The lowest BCUT2D eigenvalue weighted by molar-refractivity contribution is -0.142. The molecule has 1 aliphatic rings. The molecule has 0 spiro atoms. The van der Waals surface area contributed by atoms with Gasteiger partial charge < -0.3 is 9.47 Å². The summed E-state index contributed by atoms with van der Waals surface area (Å²) in [5.74, 6) is -0.603. The van der Waals surface area contributed by atoms with Crippen LogP contribution >= 0.6 is 0 Å². The zero-order chi connectivity index (χ0) is 16.0. The van der Waals surface area contributed by atoms with Crippen LogP contribution in [0.1, 0.15) is 46.5 Å². The molecular formula is C16H22O5.